The maximum absolute atomic E-state index is 3.59. The van der Waals surface area contributed by atoms with Gasteiger partial charge in [0.05, 0.1) is 0 Å². The quantitative estimate of drug-likeness (QED) is 0.898. The first kappa shape index (κ1) is 12.6. The predicted octanol–water partition coefficient (Wildman–Crippen LogP) is 3.85. The summed E-state index contributed by atoms with van der Waals surface area (Å²) in [5.41, 5.74) is 4.73. The smallest absolute Gasteiger partial charge is 0.0142 e. The largest absolute Gasteiger partial charge is 0.316 e. The summed E-state index contributed by atoms with van der Waals surface area (Å²) in [7, 11) is 2.13. The highest BCUT2D eigenvalue weighted by atomic mass is 32.1. The Morgan fingerprint density at radius 1 is 1.30 bits per heavy atom. The Morgan fingerprint density at radius 2 is 2.20 bits per heavy atom. The first-order chi connectivity index (χ1) is 9.88. The number of rotatable bonds is 4. The monoisotopic (exact) mass is 283 g/mol. The van der Waals surface area contributed by atoms with E-state index in [2.05, 4.69) is 53.5 Å². The minimum Gasteiger partial charge on any atom is -0.316 e. The molecular weight excluding hydrogens is 262 g/mol. The van der Waals surface area contributed by atoms with Gasteiger partial charge in [-0.15, -0.1) is 0 Å². The van der Waals surface area contributed by atoms with Crippen molar-refractivity contribution in [1.29, 1.82) is 0 Å². The zero-order valence-electron chi connectivity index (χ0n) is 11.9. The number of likely N-dealkylation sites (N-methyl/N-ethyl adjacent to an activating group) is 1. The van der Waals surface area contributed by atoms with Gasteiger partial charge >= 0.3 is 0 Å². The average molecular weight is 283 g/mol. The normalized spacial score (nSPS) is 28.6. The Bertz CT molecular complexity index is 589. The van der Waals surface area contributed by atoms with Gasteiger partial charge in [-0.3, -0.25) is 0 Å². The lowest BCUT2D eigenvalue weighted by molar-refractivity contribution is 0.464. The molecule has 0 bridgehead atoms. The zero-order chi connectivity index (χ0) is 13.5. The highest BCUT2D eigenvalue weighted by molar-refractivity contribution is 7.07. The number of aryl methyl sites for hydroxylation is 1. The Morgan fingerprint density at radius 3 is 3.00 bits per heavy atom. The van der Waals surface area contributed by atoms with Gasteiger partial charge in [0.15, 0.2) is 0 Å². The van der Waals surface area contributed by atoms with Crippen molar-refractivity contribution in [3.8, 4) is 0 Å². The number of fused-ring (bicyclic) bond motifs is 3. The van der Waals surface area contributed by atoms with Crippen LogP contribution >= 0.6 is 11.3 Å². The van der Waals surface area contributed by atoms with E-state index >= 15 is 0 Å². The third-order valence-corrected chi connectivity index (χ3v) is 5.99. The molecule has 2 heteroatoms. The fraction of sp³-hybridized carbons (Fsp3) is 0.444. The molecule has 1 aromatic carbocycles. The van der Waals surface area contributed by atoms with Gasteiger partial charge in [0.25, 0.3) is 0 Å². The van der Waals surface area contributed by atoms with Crippen LogP contribution in [0.4, 0.5) is 0 Å². The molecule has 4 unspecified atom stereocenters. The van der Waals surface area contributed by atoms with Gasteiger partial charge in [0.2, 0.25) is 0 Å². The van der Waals surface area contributed by atoms with Gasteiger partial charge in [0, 0.05) is 6.04 Å². The van der Waals surface area contributed by atoms with Crippen LogP contribution in [0.2, 0.25) is 0 Å². The van der Waals surface area contributed by atoms with Gasteiger partial charge in [-0.2, -0.15) is 11.3 Å². The summed E-state index contributed by atoms with van der Waals surface area (Å²) in [6.45, 7) is 0. The highest BCUT2D eigenvalue weighted by Crippen LogP contribution is 2.61. The molecule has 0 radical (unpaired) electrons. The van der Waals surface area contributed by atoms with E-state index in [9.17, 15) is 0 Å². The van der Waals surface area contributed by atoms with Crippen LogP contribution in [0, 0.1) is 11.8 Å². The molecule has 1 aromatic heterocycles. The van der Waals surface area contributed by atoms with Gasteiger partial charge < -0.3 is 5.32 Å². The standard InChI is InChI=1S/C18H21NS/c1-19-16(10-12-8-9-20-11-12)18-15-7-6-13-4-2-3-5-14(13)17(15)18/h2-5,8-9,11,15-19H,6-7,10H2,1H3. The molecule has 20 heavy (non-hydrogen) atoms. The Hall–Kier alpha value is -1.12. The lowest BCUT2D eigenvalue weighted by Crippen LogP contribution is -2.30. The van der Waals surface area contributed by atoms with Crippen molar-refractivity contribution >= 4 is 11.3 Å². The zero-order valence-corrected chi connectivity index (χ0v) is 12.7. The number of hydrogen-bond acceptors (Lipinski definition) is 2. The molecule has 0 spiro atoms. The molecule has 0 amide bonds. The first-order valence-corrected chi connectivity index (χ1v) is 8.59. The maximum Gasteiger partial charge on any atom is 0.0142 e. The summed E-state index contributed by atoms with van der Waals surface area (Å²) in [4.78, 5) is 0. The molecule has 4 rings (SSSR count). The molecule has 1 heterocycles. The number of nitrogens with one attached hydrogen (secondary N) is 1. The second kappa shape index (κ2) is 5.01. The van der Waals surface area contributed by atoms with E-state index in [0.717, 1.165) is 17.8 Å². The molecule has 1 fully saturated rings. The Kier molecular flexibility index (Phi) is 3.16. The molecule has 0 aliphatic heterocycles. The van der Waals surface area contributed by atoms with E-state index in [1.807, 2.05) is 11.3 Å². The van der Waals surface area contributed by atoms with E-state index in [4.69, 9.17) is 0 Å². The maximum atomic E-state index is 3.59. The lowest BCUT2D eigenvalue weighted by atomic mass is 9.92. The van der Waals surface area contributed by atoms with E-state index in [-0.39, 0.29) is 0 Å². The minimum absolute atomic E-state index is 0.630. The van der Waals surface area contributed by atoms with Crippen molar-refractivity contribution in [3.05, 3.63) is 57.8 Å². The molecule has 2 aliphatic carbocycles. The highest BCUT2D eigenvalue weighted by Gasteiger charge is 2.55. The van der Waals surface area contributed by atoms with Gasteiger partial charge in [-0.25, -0.2) is 0 Å². The minimum atomic E-state index is 0.630. The molecular formula is C18H21NS. The fourth-order valence-corrected chi connectivity index (χ4v) is 4.94. The third-order valence-electron chi connectivity index (χ3n) is 5.26. The van der Waals surface area contributed by atoms with Crippen molar-refractivity contribution < 1.29 is 0 Å². The van der Waals surface area contributed by atoms with Crippen molar-refractivity contribution in [2.45, 2.75) is 31.2 Å². The van der Waals surface area contributed by atoms with Crippen molar-refractivity contribution in [2.75, 3.05) is 7.05 Å². The molecule has 2 aliphatic rings. The van der Waals surface area contributed by atoms with Crippen LogP contribution in [0.1, 0.15) is 29.0 Å². The topological polar surface area (TPSA) is 12.0 Å². The molecule has 0 saturated heterocycles. The van der Waals surface area contributed by atoms with Crippen LogP contribution in [-0.4, -0.2) is 13.1 Å². The van der Waals surface area contributed by atoms with Crippen LogP contribution in [0.3, 0.4) is 0 Å². The Labute approximate surface area is 125 Å². The van der Waals surface area contributed by atoms with Crippen LogP contribution < -0.4 is 5.32 Å². The van der Waals surface area contributed by atoms with Crippen molar-refractivity contribution in [1.82, 2.24) is 5.32 Å². The third kappa shape index (κ3) is 2.02. The van der Waals surface area contributed by atoms with Gasteiger partial charge in [-0.1, -0.05) is 24.3 Å². The Balaban J connectivity index is 1.56. The summed E-state index contributed by atoms with van der Waals surface area (Å²) < 4.78 is 0. The molecule has 1 nitrogen and oxygen atoms in total. The van der Waals surface area contributed by atoms with Crippen LogP contribution in [-0.2, 0) is 12.8 Å². The van der Waals surface area contributed by atoms with Gasteiger partial charge in [0.1, 0.15) is 0 Å². The summed E-state index contributed by atoms with van der Waals surface area (Å²) in [6.07, 6.45) is 3.84. The summed E-state index contributed by atoms with van der Waals surface area (Å²) in [5.74, 6) is 2.57. The number of benzene rings is 1. The van der Waals surface area contributed by atoms with Crippen molar-refractivity contribution in [2.24, 2.45) is 11.8 Å². The SMILES string of the molecule is CNC(Cc1ccsc1)C1C2CCc3ccccc3C21. The van der Waals surface area contributed by atoms with Gasteiger partial charge in [-0.05, 0) is 77.6 Å². The summed E-state index contributed by atoms with van der Waals surface area (Å²) >= 11 is 1.81. The molecule has 104 valence electrons. The van der Waals surface area contributed by atoms with Crippen LogP contribution in [0.25, 0.3) is 0 Å². The molecule has 4 atom stereocenters. The van der Waals surface area contributed by atoms with E-state index in [0.29, 0.717) is 6.04 Å². The molecule has 1 N–H and O–H groups in total. The second-order valence-corrected chi connectivity index (χ2v) is 7.02. The first-order valence-electron chi connectivity index (χ1n) is 7.64. The number of hydrogen-bond donors (Lipinski definition) is 1. The summed E-state index contributed by atoms with van der Waals surface area (Å²) in [5, 5.41) is 8.08. The lowest BCUT2D eigenvalue weighted by Gasteiger charge is -2.16. The molecule has 1 saturated carbocycles. The van der Waals surface area contributed by atoms with Crippen LogP contribution in [0.5, 0.6) is 0 Å². The molecule has 2 aromatic rings. The van der Waals surface area contributed by atoms with E-state index in [1.54, 1.807) is 11.1 Å². The van der Waals surface area contributed by atoms with E-state index in [1.165, 1.54) is 24.8 Å². The summed E-state index contributed by atoms with van der Waals surface area (Å²) in [6, 6.07) is 12.0. The second-order valence-electron chi connectivity index (χ2n) is 6.24. The average Bonchev–Trinajstić information content (AvgIpc) is 3.00. The predicted molar refractivity (Wildman–Crippen MR) is 85.4 cm³/mol. The van der Waals surface area contributed by atoms with Crippen LogP contribution in [0.15, 0.2) is 41.1 Å². The van der Waals surface area contributed by atoms with E-state index < -0.39 is 0 Å². The number of thiophene rings is 1. The fourth-order valence-electron chi connectivity index (χ4n) is 4.26. The van der Waals surface area contributed by atoms with Crippen molar-refractivity contribution in [3.63, 3.8) is 0 Å².